The summed E-state index contributed by atoms with van der Waals surface area (Å²) in [5.74, 6) is 0. The largest absolute Gasteiger partial charge is 0.309 e. The SMILES string of the molecule is [C-]#[N+]c1cc(C#N)c(-n2c3ccccc3c3c4sc5c(ccc6c5c5ccccc5n6-c5ccccc5)c4ccc32)c(C#N)c1. The molecule has 3 heterocycles. The first kappa shape index (κ1) is 25.1. The Labute approximate surface area is 261 Å². The lowest BCUT2D eigenvalue weighted by Gasteiger charge is -2.12. The van der Waals surface area contributed by atoms with Crippen molar-refractivity contribution in [2.75, 3.05) is 0 Å². The van der Waals surface area contributed by atoms with E-state index in [1.54, 1.807) is 23.5 Å². The Morgan fingerprint density at radius 2 is 1.07 bits per heavy atom. The van der Waals surface area contributed by atoms with Crippen molar-refractivity contribution < 1.29 is 0 Å². The third kappa shape index (κ3) is 3.33. The van der Waals surface area contributed by atoms with Gasteiger partial charge in [-0.05, 0) is 48.5 Å². The standard InChI is InChI=1S/C39H19N5S/c1-42-25-19-23(21-40)37(24(20-25)22-41)44-32-14-8-6-12-30(32)36-34(44)18-16-28-27-15-17-33-35(38(27)45-39(28)36)29-11-5-7-13-31(29)43(33)26-9-3-2-4-10-26/h2-20H. The highest BCUT2D eigenvalue weighted by molar-refractivity contribution is 7.27. The highest BCUT2D eigenvalue weighted by atomic mass is 32.1. The Hall–Kier alpha value is -6.39. The molecule has 0 amide bonds. The number of fused-ring (bicyclic) bond motifs is 11. The number of rotatable bonds is 2. The van der Waals surface area contributed by atoms with E-state index in [0.29, 0.717) is 16.8 Å². The van der Waals surface area contributed by atoms with Gasteiger partial charge in [-0.15, -0.1) is 11.3 Å². The lowest BCUT2D eigenvalue weighted by Crippen LogP contribution is -2.01. The van der Waals surface area contributed by atoms with E-state index in [1.807, 2.05) is 28.8 Å². The Morgan fingerprint density at radius 3 is 1.62 bits per heavy atom. The summed E-state index contributed by atoms with van der Waals surface area (Å²) < 4.78 is 6.76. The summed E-state index contributed by atoms with van der Waals surface area (Å²) in [4.78, 5) is 3.51. The molecular weight excluding hydrogens is 571 g/mol. The van der Waals surface area contributed by atoms with Gasteiger partial charge in [0.1, 0.15) is 12.1 Å². The Balaban J connectivity index is 1.45. The van der Waals surface area contributed by atoms with E-state index in [2.05, 4.69) is 100 Å². The van der Waals surface area contributed by atoms with Gasteiger partial charge in [-0.1, -0.05) is 66.7 Å². The van der Waals surface area contributed by atoms with E-state index in [9.17, 15) is 10.5 Å². The van der Waals surface area contributed by atoms with Gasteiger partial charge in [0, 0.05) is 47.4 Å². The Morgan fingerprint density at radius 1 is 0.556 bits per heavy atom. The van der Waals surface area contributed by atoms with Crippen molar-refractivity contribution in [1.82, 2.24) is 9.13 Å². The summed E-state index contributed by atoms with van der Waals surface area (Å²) in [6, 6.07) is 43.6. The van der Waals surface area contributed by atoms with Crippen LogP contribution in [0.5, 0.6) is 0 Å². The summed E-state index contributed by atoms with van der Waals surface area (Å²) in [7, 11) is 0. The zero-order chi connectivity index (χ0) is 30.2. The number of hydrogen-bond donors (Lipinski definition) is 0. The highest BCUT2D eigenvalue weighted by Crippen LogP contribution is 2.47. The van der Waals surface area contributed by atoms with Crippen LogP contribution in [0.25, 0.3) is 80.0 Å². The van der Waals surface area contributed by atoms with Crippen molar-refractivity contribution in [2.24, 2.45) is 0 Å². The monoisotopic (exact) mass is 589 g/mol. The third-order valence-corrected chi connectivity index (χ3v) is 10.0. The molecule has 0 unspecified atom stereocenters. The summed E-state index contributed by atoms with van der Waals surface area (Å²) in [5, 5.41) is 27.3. The van der Waals surface area contributed by atoms with Crippen LogP contribution in [0.1, 0.15) is 11.1 Å². The van der Waals surface area contributed by atoms with Crippen LogP contribution >= 0.6 is 11.3 Å². The van der Waals surface area contributed by atoms with Crippen LogP contribution in [0, 0.1) is 29.2 Å². The molecule has 0 aliphatic rings. The van der Waals surface area contributed by atoms with E-state index in [-0.39, 0.29) is 5.69 Å². The number of benzene rings is 6. The molecule has 0 saturated heterocycles. The summed E-state index contributed by atoms with van der Waals surface area (Å²) in [6.07, 6.45) is 0. The molecule has 0 bridgehead atoms. The van der Waals surface area contributed by atoms with Gasteiger partial charge in [0.25, 0.3) is 0 Å². The van der Waals surface area contributed by atoms with Crippen LogP contribution in [0.2, 0.25) is 0 Å². The van der Waals surface area contributed by atoms with E-state index in [1.165, 1.54) is 31.8 Å². The first-order valence-electron chi connectivity index (χ1n) is 14.4. The molecule has 5 nitrogen and oxygen atoms in total. The molecule has 6 heteroatoms. The summed E-state index contributed by atoms with van der Waals surface area (Å²) in [6.45, 7) is 7.50. The van der Waals surface area contributed by atoms with Crippen LogP contribution in [0.3, 0.4) is 0 Å². The maximum absolute atomic E-state index is 10.2. The molecular formula is C39H19N5S. The molecule has 6 aromatic carbocycles. The minimum absolute atomic E-state index is 0.276. The average molecular weight is 590 g/mol. The maximum atomic E-state index is 10.2. The van der Waals surface area contributed by atoms with Crippen molar-refractivity contribution >= 4 is 80.8 Å². The molecule has 0 radical (unpaired) electrons. The van der Waals surface area contributed by atoms with Crippen LogP contribution in [-0.4, -0.2) is 9.13 Å². The quantitative estimate of drug-likeness (QED) is 0.188. The number of nitrogens with zero attached hydrogens (tertiary/aromatic N) is 5. The molecule has 206 valence electrons. The molecule has 45 heavy (non-hydrogen) atoms. The normalized spacial score (nSPS) is 11.5. The maximum Gasteiger partial charge on any atom is 0.190 e. The second-order valence-electron chi connectivity index (χ2n) is 11.0. The first-order valence-corrected chi connectivity index (χ1v) is 15.3. The fourth-order valence-corrected chi connectivity index (χ4v) is 8.40. The zero-order valence-electron chi connectivity index (χ0n) is 23.6. The fourth-order valence-electron chi connectivity index (χ4n) is 6.99. The second-order valence-corrected chi connectivity index (χ2v) is 12.1. The van der Waals surface area contributed by atoms with Crippen LogP contribution in [-0.2, 0) is 0 Å². The Kier molecular flexibility index (Phi) is 5.20. The molecule has 9 aromatic rings. The lowest BCUT2D eigenvalue weighted by atomic mass is 10.1. The number of hydrogen-bond acceptors (Lipinski definition) is 3. The molecule has 0 spiro atoms. The fraction of sp³-hybridized carbons (Fsp3) is 0. The van der Waals surface area contributed by atoms with Gasteiger partial charge in [0.05, 0.1) is 45.5 Å². The predicted molar refractivity (Wildman–Crippen MR) is 184 cm³/mol. The smallest absolute Gasteiger partial charge is 0.190 e. The molecule has 0 atom stereocenters. The van der Waals surface area contributed by atoms with Crippen molar-refractivity contribution in [3.63, 3.8) is 0 Å². The van der Waals surface area contributed by atoms with Crippen LogP contribution in [0.15, 0.2) is 115 Å². The molecule has 9 rings (SSSR count). The highest BCUT2D eigenvalue weighted by Gasteiger charge is 2.23. The van der Waals surface area contributed by atoms with Crippen molar-refractivity contribution in [1.29, 1.82) is 10.5 Å². The zero-order valence-corrected chi connectivity index (χ0v) is 24.4. The van der Waals surface area contributed by atoms with Gasteiger partial charge in [-0.3, -0.25) is 0 Å². The number of para-hydroxylation sites is 3. The van der Waals surface area contributed by atoms with Gasteiger partial charge >= 0.3 is 0 Å². The molecule has 0 N–H and O–H groups in total. The molecule has 0 fully saturated rings. The minimum Gasteiger partial charge on any atom is -0.309 e. The molecule has 3 aromatic heterocycles. The van der Waals surface area contributed by atoms with Gasteiger partial charge in [0.2, 0.25) is 0 Å². The van der Waals surface area contributed by atoms with Gasteiger partial charge < -0.3 is 9.13 Å². The van der Waals surface area contributed by atoms with Crippen molar-refractivity contribution in [2.45, 2.75) is 0 Å². The van der Waals surface area contributed by atoms with E-state index in [0.717, 1.165) is 37.7 Å². The molecule has 0 aliphatic carbocycles. The molecule has 0 saturated carbocycles. The first-order chi connectivity index (χ1) is 22.2. The van der Waals surface area contributed by atoms with E-state index in [4.69, 9.17) is 6.57 Å². The number of aromatic nitrogens is 2. The van der Waals surface area contributed by atoms with Crippen LogP contribution in [0.4, 0.5) is 5.69 Å². The van der Waals surface area contributed by atoms with Crippen molar-refractivity contribution in [3.8, 4) is 23.5 Å². The van der Waals surface area contributed by atoms with E-state index < -0.39 is 0 Å². The summed E-state index contributed by atoms with van der Waals surface area (Å²) in [5.41, 5.74) is 6.67. The predicted octanol–water partition coefficient (Wildman–Crippen LogP) is 10.5. The molecule has 0 aliphatic heterocycles. The second kappa shape index (κ2) is 9.30. The topological polar surface area (TPSA) is 61.8 Å². The third-order valence-electron chi connectivity index (χ3n) is 8.78. The van der Waals surface area contributed by atoms with Crippen molar-refractivity contribution in [3.05, 3.63) is 138 Å². The number of thiophene rings is 1. The van der Waals surface area contributed by atoms with Crippen LogP contribution < -0.4 is 0 Å². The van der Waals surface area contributed by atoms with Gasteiger partial charge in [-0.25, -0.2) is 4.85 Å². The summed E-state index contributed by atoms with van der Waals surface area (Å²) >= 11 is 1.80. The van der Waals surface area contributed by atoms with Gasteiger partial charge in [0.15, 0.2) is 5.69 Å². The Bertz CT molecular complexity index is 2810. The minimum atomic E-state index is 0.276. The number of nitriles is 2. The van der Waals surface area contributed by atoms with Gasteiger partial charge in [-0.2, -0.15) is 10.5 Å². The van der Waals surface area contributed by atoms with E-state index >= 15 is 0 Å². The average Bonchev–Trinajstić information content (AvgIpc) is 3.75. The lowest BCUT2D eigenvalue weighted by molar-refractivity contribution is 1.16.